The number of fused-ring (bicyclic) bond motifs is 2. The first kappa shape index (κ1) is 20.4. The SMILES string of the molecule is c1ccc(CNc2nccc(-c3c[nH]c4nccc(Oc5ccc6c(c5)CNCC6)c34)n2)cc1. The summed E-state index contributed by atoms with van der Waals surface area (Å²) >= 11 is 0. The van der Waals surface area contributed by atoms with Gasteiger partial charge in [0.15, 0.2) is 0 Å². The lowest BCUT2D eigenvalue weighted by Gasteiger charge is -2.18. The van der Waals surface area contributed by atoms with E-state index in [1.54, 1.807) is 12.4 Å². The van der Waals surface area contributed by atoms with E-state index in [1.807, 2.05) is 42.6 Å². The second-order valence-corrected chi connectivity index (χ2v) is 8.30. The van der Waals surface area contributed by atoms with Crippen LogP contribution in [0, 0.1) is 0 Å². The van der Waals surface area contributed by atoms with Crippen molar-refractivity contribution in [3.63, 3.8) is 0 Å². The van der Waals surface area contributed by atoms with E-state index >= 15 is 0 Å². The number of H-pyrrole nitrogens is 1. The van der Waals surface area contributed by atoms with Gasteiger partial charge in [-0.2, -0.15) is 0 Å². The van der Waals surface area contributed by atoms with Gasteiger partial charge in [0.1, 0.15) is 17.1 Å². The van der Waals surface area contributed by atoms with Crippen LogP contribution in [0.3, 0.4) is 0 Å². The Labute approximate surface area is 197 Å². The fourth-order valence-corrected chi connectivity index (χ4v) is 4.33. The van der Waals surface area contributed by atoms with Crippen molar-refractivity contribution in [1.29, 1.82) is 0 Å². The Bertz CT molecular complexity index is 1450. The molecule has 5 aromatic rings. The van der Waals surface area contributed by atoms with Crippen molar-refractivity contribution in [1.82, 2.24) is 25.3 Å². The van der Waals surface area contributed by atoms with Gasteiger partial charge >= 0.3 is 0 Å². The van der Waals surface area contributed by atoms with Crippen molar-refractivity contribution >= 4 is 17.0 Å². The van der Waals surface area contributed by atoms with Crippen LogP contribution in [0.1, 0.15) is 16.7 Å². The number of nitrogens with zero attached hydrogens (tertiary/aromatic N) is 3. The van der Waals surface area contributed by atoms with Crippen LogP contribution in [0.25, 0.3) is 22.3 Å². The number of aromatic amines is 1. The van der Waals surface area contributed by atoms with E-state index in [0.717, 1.165) is 53.3 Å². The minimum atomic E-state index is 0.573. The van der Waals surface area contributed by atoms with Gasteiger partial charge in [-0.1, -0.05) is 36.4 Å². The first-order chi connectivity index (χ1) is 16.8. The zero-order chi connectivity index (χ0) is 22.7. The van der Waals surface area contributed by atoms with Crippen molar-refractivity contribution in [3.05, 3.63) is 95.9 Å². The van der Waals surface area contributed by atoms with Gasteiger partial charge < -0.3 is 20.4 Å². The summed E-state index contributed by atoms with van der Waals surface area (Å²) in [6.07, 6.45) is 6.49. The lowest BCUT2D eigenvalue weighted by Crippen LogP contribution is -2.23. The number of aromatic nitrogens is 4. The summed E-state index contributed by atoms with van der Waals surface area (Å²) in [6, 6.07) is 20.3. The van der Waals surface area contributed by atoms with Crippen molar-refractivity contribution in [3.8, 4) is 22.8 Å². The van der Waals surface area contributed by atoms with E-state index in [-0.39, 0.29) is 0 Å². The third kappa shape index (κ3) is 4.09. The number of benzene rings is 2. The molecule has 2 aromatic carbocycles. The van der Waals surface area contributed by atoms with E-state index in [4.69, 9.17) is 9.72 Å². The maximum atomic E-state index is 6.37. The van der Waals surface area contributed by atoms with Crippen LogP contribution in [0.4, 0.5) is 5.95 Å². The average Bonchev–Trinajstić information content (AvgIpc) is 3.34. The molecule has 0 aliphatic carbocycles. The molecule has 7 nitrogen and oxygen atoms in total. The predicted molar refractivity (Wildman–Crippen MR) is 133 cm³/mol. The Balaban J connectivity index is 1.31. The van der Waals surface area contributed by atoms with Gasteiger partial charge in [0, 0.05) is 37.2 Å². The molecule has 7 heteroatoms. The minimum Gasteiger partial charge on any atom is -0.457 e. The summed E-state index contributed by atoms with van der Waals surface area (Å²) in [5.41, 5.74) is 6.30. The molecule has 0 unspecified atom stereocenters. The molecule has 0 atom stereocenters. The lowest BCUT2D eigenvalue weighted by molar-refractivity contribution is 0.485. The van der Waals surface area contributed by atoms with Crippen LogP contribution < -0.4 is 15.4 Å². The van der Waals surface area contributed by atoms with Crippen LogP contribution in [0.15, 0.2) is 79.3 Å². The molecule has 3 N–H and O–H groups in total. The number of hydrogen-bond acceptors (Lipinski definition) is 6. The molecule has 0 amide bonds. The zero-order valence-corrected chi connectivity index (χ0v) is 18.6. The molecular weight excluding hydrogens is 424 g/mol. The Morgan fingerprint density at radius 3 is 2.79 bits per heavy atom. The average molecular weight is 449 g/mol. The third-order valence-electron chi connectivity index (χ3n) is 6.05. The molecule has 3 aromatic heterocycles. The summed E-state index contributed by atoms with van der Waals surface area (Å²) in [4.78, 5) is 16.9. The highest BCUT2D eigenvalue weighted by Crippen LogP contribution is 2.36. The summed E-state index contributed by atoms with van der Waals surface area (Å²) in [7, 11) is 0. The normalized spacial score (nSPS) is 12.9. The van der Waals surface area contributed by atoms with Crippen LogP contribution >= 0.6 is 0 Å². The van der Waals surface area contributed by atoms with Gasteiger partial charge in [-0.3, -0.25) is 0 Å². The highest BCUT2D eigenvalue weighted by Gasteiger charge is 2.16. The molecule has 0 saturated heterocycles. The molecule has 0 bridgehead atoms. The predicted octanol–water partition coefficient (Wildman–Crippen LogP) is 5.07. The highest BCUT2D eigenvalue weighted by atomic mass is 16.5. The van der Waals surface area contributed by atoms with Gasteiger partial charge in [-0.25, -0.2) is 15.0 Å². The van der Waals surface area contributed by atoms with Crippen LogP contribution in [0.2, 0.25) is 0 Å². The van der Waals surface area contributed by atoms with Gasteiger partial charge in [0.25, 0.3) is 0 Å². The molecule has 34 heavy (non-hydrogen) atoms. The Kier molecular flexibility index (Phi) is 5.37. The van der Waals surface area contributed by atoms with Crippen molar-refractivity contribution in [2.45, 2.75) is 19.5 Å². The van der Waals surface area contributed by atoms with Gasteiger partial charge in [0.2, 0.25) is 5.95 Å². The summed E-state index contributed by atoms with van der Waals surface area (Å²) in [5.74, 6) is 2.13. The number of nitrogens with one attached hydrogen (secondary N) is 3. The Morgan fingerprint density at radius 2 is 1.85 bits per heavy atom. The standard InChI is InChI=1S/C27H24N6O/c1-2-4-18(5-3-1)15-32-27-30-12-9-23(33-27)22-17-31-26-25(22)24(10-13-29-26)34-21-7-6-19-8-11-28-16-20(19)14-21/h1-7,9-10,12-14,17,28H,8,11,15-16H2,(H,29,31)(H,30,32,33). The van der Waals surface area contributed by atoms with E-state index in [2.05, 4.69) is 49.9 Å². The van der Waals surface area contributed by atoms with Crippen LogP contribution in [-0.4, -0.2) is 26.5 Å². The molecule has 0 saturated carbocycles. The third-order valence-corrected chi connectivity index (χ3v) is 6.05. The maximum Gasteiger partial charge on any atom is 0.223 e. The molecule has 0 fully saturated rings. The molecule has 0 radical (unpaired) electrons. The maximum absolute atomic E-state index is 6.37. The first-order valence-corrected chi connectivity index (χ1v) is 11.4. The van der Waals surface area contributed by atoms with Crippen molar-refractivity contribution in [2.75, 3.05) is 11.9 Å². The van der Waals surface area contributed by atoms with Crippen molar-refractivity contribution in [2.24, 2.45) is 0 Å². The van der Waals surface area contributed by atoms with Crippen LogP contribution in [0.5, 0.6) is 11.5 Å². The van der Waals surface area contributed by atoms with Gasteiger partial charge in [0.05, 0.1) is 11.1 Å². The number of rotatable bonds is 6. The smallest absolute Gasteiger partial charge is 0.223 e. The van der Waals surface area contributed by atoms with E-state index in [0.29, 0.717) is 12.5 Å². The number of hydrogen-bond donors (Lipinski definition) is 3. The van der Waals surface area contributed by atoms with E-state index in [1.165, 1.54) is 16.7 Å². The molecule has 1 aliphatic rings. The van der Waals surface area contributed by atoms with E-state index < -0.39 is 0 Å². The fraction of sp³-hybridized carbons (Fsp3) is 0.148. The molecule has 1 aliphatic heterocycles. The molecular formula is C27H24N6O. The summed E-state index contributed by atoms with van der Waals surface area (Å²) < 4.78 is 6.37. The summed E-state index contributed by atoms with van der Waals surface area (Å²) in [6.45, 7) is 2.54. The lowest BCUT2D eigenvalue weighted by atomic mass is 10.0. The minimum absolute atomic E-state index is 0.573. The van der Waals surface area contributed by atoms with Crippen LogP contribution in [-0.2, 0) is 19.5 Å². The Hall–Kier alpha value is -4.23. The monoisotopic (exact) mass is 448 g/mol. The fourth-order valence-electron chi connectivity index (χ4n) is 4.33. The molecule has 0 spiro atoms. The van der Waals surface area contributed by atoms with Crippen molar-refractivity contribution < 1.29 is 4.74 Å². The Morgan fingerprint density at radius 1 is 0.941 bits per heavy atom. The number of anilines is 1. The molecule has 4 heterocycles. The second kappa shape index (κ2) is 8.96. The van der Waals surface area contributed by atoms with E-state index in [9.17, 15) is 0 Å². The second-order valence-electron chi connectivity index (χ2n) is 8.30. The quantitative estimate of drug-likeness (QED) is 0.336. The molecule has 6 rings (SSSR count). The molecule has 168 valence electrons. The highest BCUT2D eigenvalue weighted by molar-refractivity contribution is 5.97. The summed E-state index contributed by atoms with van der Waals surface area (Å²) in [5, 5.41) is 7.63. The topological polar surface area (TPSA) is 87.8 Å². The van der Waals surface area contributed by atoms with Gasteiger partial charge in [-0.15, -0.1) is 0 Å². The first-order valence-electron chi connectivity index (χ1n) is 11.4. The van der Waals surface area contributed by atoms with Gasteiger partial charge in [-0.05, 0) is 53.9 Å². The number of pyridine rings is 1. The zero-order valence-electron chi connectivity index (χ0n) is 18.6. The largest absolute Gasteiger partial charge is 0.457 e. The number of ether oxygens (including phenoxy) is 1.